The van der Waals surface area contributed by atoms with Crippen LogP contribution >= 0.6 is 23.1 Å². The molecule has 0 N–H and O–H groups in total. The monoisotopic (exact) mass is 391 g/mol. The Bertz CT molecular complexity index is 878. The molecule has 0 bridgehead atoms. The molecule has 3 rings (SSSR count). The molecule has 0 amide bonds. The lowest BCUT2D eigenvalue weighted by molar-refractivity contribution is -0.142. The van der Waals surface area contributed by atoms with Gasteiger partial charge >= 0.3 is 5.97 Å². The van der Waals surface area contributed by atoms with Crippen molar-refractivity contribution in [3.63, 3.8) is 0 Å². The molecule has 0 aliphatic carbocycles. The second-order valence-electron chi connectivity index (χ2n) is 5.12. The van der Waals surface area contributed by atoms with Crippen molar-refractivity contribution in [3.8, 4) is 17.1 Å². The molecule has 0 saturated heterocycles. The fraction of sp³-hybridized carbons (Fsp3) is 0.294. The predicted molar refractivity (Wildman–Crippen MR) is 98.3 cm³/mol. The number of ether oxygens (including phenoxy) is 2. The Morgan fingerprint density at radius 1 is 1.35 bits per heavy atom. The van der Waals surface area contributed by atoms with Crippen LogP contribution in [0.1, 0.15) is 18.5 Å². The van der Waals surface area contributed by atoms with Gasteiger partial charge < -0.3 is 14.0 Å². The van der Waals surface area contributed by atoms with Gasteiger partial charge in [-0.2, -0.15) is 4.98 Å². The van der Waals surface area contributed by atoms with Gasteiger partial charge in [0.15, 0.2) is 4.34 Å². The van der Waals surface area contributed by atoms with E-state index >= 15 is 0 Å². The van der Waals surface area contributed by atoms with Crippen LogP contribution in [-0.2, 0) is 21.7 Å². The van der Waals surface area contributed by atoms with E-state index in [1.165, 1.54) is 23.1 Å². The SMILES string of the molecule is CCOC(=O)Cc1csc(SCc2nc(-c3cccc(OC)c3)no2)n1. The second kappa shape index (κ2) is 8.81. The first kappa shape index (κ1) is 18.4. The van der Waals surface area contributed by atoms with Crippen LogP contribution < -0.4 is 4.74 Å². The Morgan fingerprint density at radius 3 is 3.04 bits per heavy atom. The summed E-state index contributed by atoms with van der Waals surface area (Å²) >= 11 is 2.96. The van der Waals surface area contributed by atoms with Crippen LogP contribution in [0.5, 0.6) is 5.75 Å². The van der Waals surface area contributed by atoms with Gasteiger partial charge in [-0.1, -0.05) is 29.1 Å². The third-order valence-corrected chi connectivity index (χ3v) is 5.33. The quantitative estimate of drug-likeness (QED) is 0.425. The smallest absolute Gasteiger partial charge is 0.311 e. The zero-order chi connectivity index (χ0) is 18.4. The van der Waals surface area contributed by atoms with Gasteiger partial charge in [0.1, 0.15) is 5.75 Å². The van der Waals surface area contributed by atoms with Gasteiger partial charge in [0, 0.05) is 10.9 Å². The van der Waals surface area contributed by atoms with Crippen molar-refractivity contribution in [2.75, 3.05) is 13.7 Å². The molecule has 0 unspecified atom stereocenters. The summed E-state index contributed by atoms with van der Waals surface area (Å²) in [4.78, 5) is 20.3. The number of aromatic nitrogens is 3. The summed E-state index contributed by atoms with van der Waals surface area (Å²) in [5.41, 5.74) is 1.54. The Hall–Kier alpha value is -2.39. The largest absolute Gasteiger partial charge is 0.497 e. The number of thioether (sulfide) groups is 1. The van der Waals surface area contributed by atoms with E-state index in [2.05, 4.69) is 15.1 Å². The number of thiazole rings is 1. The van der Waals surface area contributed by atoms with Crippen LogP contribution in [0.2, 0.25) is 0 Å². The van der Waals surface area contributed by atoms with E-state index in [0.29, 0.717) is 29.8 Å². The number of rotatable bonds is 8. The van der Waals surface area contributed by atoms with Crippen LogP contribution in [-0.4, -0.2) is 34.8 Å². The Balaban J connectivity index is 1.58. The zero-order valence-corrected chi connectivity index (χ0v) is 15.9. The van der Waals surface area contributed by atoms with E-state index in [0.717, 1.165) is 15.7 Å². The van der Waals surface area contributed by atoms with Crippen molar-refractivity contribution in [1.29, 1.82) is 0 Å². The highest BCUT2D eigenvalue weighted by Gasteiger charge is 2.12. The summed E-state index contributed by atoms with van der Waals surface area (Å²) in [6, 6.07) is 7.48. The zero-order valence-electron chi connectivity index (χ0n) is 14.3. The normalized spacial score (nSPS) is 10.7. The molecule has 26 heavy (non-hydrogen) atoms. The summed E-state index contributed by atoms with van der Waals surface area (Å²) in [5, 5.41) is 5.86. The molecule has 0 fully saturated rings. The average Bonchev–Trinajstić information content (AvgIpc) is 3.29. The van der Waals surface area contributed by atoms with Gasteiger partial charge in [0.05, 0.1) is 31.6 Å². The number of carbonyl (C=O) groups excluding carboxylic acids is 1. The van der Waals surface area contributed by atoms with E-state index in [9.17, 15) is 4.79 Å². The van der Waals surface area contributed by atoms with Crippen LogP contribution in [0.4, 0.5) is 0 Å². The molecule has 2 aromatic heterocycles. The van der Waals surface area contributed by atoms with Crippen molar-refractivity contribution in [2.45, 2.75) is 23.4 Å². The van der Waals surface area contributed by atoms with Crippen molar-refractivity contribution in [1.82, 2.24) is 15.1 Å². The van der Waals surface area contributed by atoms with Crippen LogP contribution in [0.25, 0.3) is 11.4 Å². The Morgan fingerprint density at radius 2 is 2.23 bits per heavy atom. The highest BCUT2D eigenvalue weighted by Crippen LogP contribution is 2.27. The molecule has 2 heterocycles. The number of hydrogen-bond acceptors (Lipinski definition) is 9. The summed E-state index contributed by atoms with van der Waals surface area (Å²) in [7, 11) is 1.61. The number of nitrogens with zero attached hydrogens (tertiary/aromatic N) is 3. The molecule has 0 radical (unpaired) electrons. The second-order valence-corrected chi connectivity index (χ2v) is 7.20. The minimum Gasteiger partial charge on any atom is -0.497 e. The minimum atomic E-state index is -0.269. The standard InChI is InChI=1S/C17H17N3O4S2/c1-3-23-15(21)8-12-9-25-17(18-12)26-10-14-19-16(20-24-14)11-5-4-6-13(7-11)22-2/h4-7,9H,3,8,10H2,1-2H3. The maximum absolute atomic E-state index is 11.5. The number of methoxy groups -OCH3 is 1. The maximum Gasteiger partial charge on any atom is 0.311 e. The van der Waals surface area contributed by atoms with E-state index in [1.54, 1.807) is 14.0 Å². The van der Waals surface area contributed by atoms with Crippen molar-refractivity contribution >= 4 is 29.1 Å². The van der Waals surface area contributed by atoms with Gasteiger partial charge in [-0.15, -0.1) is 11.3 Å². The lowest BCUT2D eigenvalue weighted by atomic mass is 10.2. The third kappa shape index (κ3) is 4.83. The molecular weight excluding hydrogens is 374 g/mol. The van der Waals surface area contributed by atoms with Gasteiger partial charge in [-0.05, 0) is 19.1 Å². The predicted octanol–water partition coefficient (Wildman–Crippen LogP) is 3.60. The number of hydrogen-bond donors (Lipinski definition) is 0. The van der Waals surface area contributed by atoms with Crippen molar-refractivity contribution in [2.24, 2.45) is 0 Å². The highest BCUT2D eigenvalue weighted by molar-refractivity contribution is 8.00. The summed E-state index contributed by atoms with van der Waals surface area (Å²) in [6.07, 6.45) is 0.186. The molecule has 3 aromatic rings. The summed E-state index contributed by atoms with van der Waals surface area (Å²) < 4.78 is 16.3. The first-order chi connectivity index (χ1) is 12.7. The molecule has 9 heteroatoms. The maximum atomic E-state index is 11.5. The molecule has 7 nitrogen and oxygen atoms in total. The fourth-order valence-corrected chi connectivity index (χ4v) is 3.79. The summed E-state index contributed by atoms with van der Waals surface area (Å²) in [6.45, 7) is 2.15. The van der Waals surface area contributed by atoms with Crippen molar-refractivity contribution in [3.05, 3.63) is 41.2 Å². The average molecular weight is 391 g/mol. The topological polar surface area (TPSA) is 87.3 Å². The molecule has 0 aliphatic rings. The number of carbonyl (C=O) groups is 1. The van der Waals surface area contributed by atoms with Crippen molar-refractivity contribution < 1.29 is 18.8 Å². The van der Waals surface area contributed by atoms with Gasteiger partial charge in [-0.25, -0.2) is 4.98 Å². The molecular formula is C17H17N3O4S2. The van der Waals surface area contributed by atoms with E-state index in [1.807, 2.05) is 29.6 Å². The van der Waals surface area contributed by atoms with Gasteiger partial charge in [0.25, 0.3) is 0 Å². The van der Waals surface area contributed by atoms with E-state index in [-0.39, 0.29) is 12.4 Å². The Labute approximate surface area is 158 Å². The van der Waals surface area contributed by atoms with Gasteiger partial charge in [-0.3, -0.25) is 4.79 Å². The molecule has 0 aliphatic heterocycles. The lowest BCUT2D eigenvalue weighted by Gasteiger charge is -1.99. The molecule has 1 aromatic carbocycles. The first-order valence-electron chi connectivity index (χ1n) is 7.87. The summed E-state index contributed by atoms with van der Waals surface area (Å²) in [5.74, 6) is 1.99. The number of benzene rings is 1. The van der Waals surface area contributed by atoms with Crippen LogP contribution in [0, 0.1) is 0 Å². The molecule has 0 spiro atoms. The Kier molecular flexibility index (Phi) is 6.24. The highest BCUT2D eigenvalue weighted by atomic mass is 32.2. The molecule has 0 saturated carbocycles. The van der Waals surface area contributed by atoms with Crippen LogP contribution in [0.3, 0.4) is 0 Å². The fourth-order valence-electron chi connectivity index (χ4n) is 2.11. The van der Waals surface area contributed by atoms with Crippen LogP contribution in [0.15, 0.2) is 38.5 Å². The van der Waals surface area contributed by atoms with Gasteiger partial charge in [0.2, 0.25) is 11.7 Å². The molecule has 0 atom stereocenters. The van der Waals surface area contributed by atoms with E-state index < -0.39 is 0 Å². The number of esters is 1. The third-order valence-electron chi connectivity index (χ3n) is 3.28. The molecule has 136 valence electrons. The van der Waals surface area contributed by atoms with E-state index in [4.69, 9.17) is 14.0 Å². The lowest BCUT2D eigenvalue weighted by Crippen LogP contribution is -2.07. The minimum absolute atomic E-state index is 0.186. The first-order valence-corrected chi connectivity index (χ1v) is 9.74.